The van der Waals surface area contributed by atoms with Crippen molar-refractivity contribution in [2.45, 2.75) is 64.6 Å². The number of nitrogens with zero attached hydrogens (tertiary/aromatic N) is 4. The zero-order valence-electron chi connectivity index (χ0n) is 19.3. The summed E-state index contributed by atoms with van der Waals surface area (Å²) in [5.74, 6) is -0.156. The molecule has 3 aromatic rings. The van der Waals surface area contributed by atoms with Crippen LogP contribution in [-0.4, -0.2) is 27.6 Å². The molecule has 33 heavy (non-hydrogen) atoms. The topological polar surface area (TPSA) is 58.4 Å². The van der Waals surface area contributed by atoms with Crippen LogP contribution in [0.15, 0.2) is 60.9 Å². The predicted molar refractivity (Wildman–Crippen MR) is 129 cm³/mol. The summed E-state index contributed by atoms with van der Waals surface area (Å²) in [7, 11) is 0. The van der Waals surface area contributed by atoms with Crippen LogP contribution in [0.2, 0.25) is 0 Å². The van der Waals surface area contributed by atoms with Crippen molar-refractivity contribution >= 4 is 23.2 Å². The molecule has 0 saturated heterocycles. The first-order chi connectivity index (χ1) is 16.0. The molecule has 170 valence electrons. The van der Waals surface area contributed by atoms with E-state index in [1.807, 2.05) is 73.5 Å². The number of para-hydroxylation sites is 1. The van der Waals surface area contributed by atoms with Crippen molar-refractivity contribution in [1.29, 1.82) is 0 Å². The molecule has 0 spiro atoms. The van der Waals surface area contributed by atoms with Crippen molar-refractivity contribution in [3.63, 3.8) is 0 Å². The highest BCUT2D eigenvalue weighted by molar-refractivity contribution is 6.11. The van der Waals surface area contributed by atoms with Crippen LogP contribution in [0.25, 0.3) is 0 Å². The van der Waals surface area contributed by atoms with Crippen LogP contribution >= 0.6 is 0 Å². The normalized spacial score (nSPS) is 18.4. The SMILES string of the molecule is Cc1cccc(N(C(=O)Cn2cc(C)cn2)C2C(=O)N(C3CCCCC3)c3ccccc32)c1. The molecule has 6 heteroatoms. The molecular formula is C27H30N4O2. The fraction of sp³-hybridized carbons (Fsp3) is 0.370. The summed E-state index contributed by atoms with van der Waals surface area (Å²) in [5, 5.41) is 4.30. The Bertz CT molecular complexity index is 1180. The Kier molecular flexibility index (Phi) is 5.75. The number of fused-ring (bicyclic) bond motifs is 1. The molecule has 1 aromatic heterocycles. The van der Waals surface area contributed by atoms with Crippen LogP contribution in [0.4, 0.5) is 11.4 Å². The maximum absolute atomic E-state index is 14.0. The van der Waals surface area contributed by atoms with Crippen molar-refractivity contribution < 1.29 is 9.59 Å². The molecule has 1 saturated carbocycles. The molecule has 2 aliphatic rings. The van der Waals surface area contributed by atoms with Crippen LogP contribution < -0.4 is 9.80 Å². The summed E-state index contributed by atoms with van der Waals surface area (Å²) >= 11 is 0. The molecule has 5 rings (SSSR count). The van der Waals surface area contributed by atoms with Crippen molar-refractivity contribution in [2.75, 3.05) is 9.80 Å². The highest BCUT2D eigenvalue weighted by atomic mass is 16.2. The minimum Gasteiger partial charge on any atom is -0.307 e. The average molecular weight is 443 g/mol. The first-order valence-corrected chi connectivity index (χ1v) is 11.8. The van der Waals surface area contributed by atoms with Gasteiger partial charge in [-0.05, 0) is 56.0 Å². The largest absolute Gasteiger partial charge is 0.307 e. The van der Waals surface area contributed by atoms with E-state index in [-0.39, 0.29) is 24.4 Å². The second kappa shape index (κ2) is 8.85. The van der Waals surface area contributed by atoms with Crippen LogP contribution in [0.1, 0.15) is 54.8 Å². The van der Waals surface area contributed by atoms with Gasteiger partial charge in [0.2, 0.25) is 5.91 Å². The molecule has 2 aromatic carbocycles. The highest BCUT2D eigenvalue weighted by Crippen LogP contribution is 2.44. The van der Waals surface area contributed by atoms with Crippen molar-refractivity contribution in [3.05, 3.63) is 77.6 Å². The Morgan fingerprint density at radius 1 is 1.03 bits per heavy atom. The zero-order chi connectivity index (χ0) is 22.9. The summed E-state index contributed by atoms with van der Waals surface area (Å²) in [6.45, 7) is 4.03. The lowest BCUT2D eigenvalue weighted by Gasteiger charge is -2.33. The van der Waals surface area contributed by atoms with Gasteiger partial charge in [0.1, 0.15) is 12.6 Å². The summed E-state index contributed by atoms with van der Waals surface area (Å²) in [5.41, 5.74) is 4.63. The van der Waals surface area contributed by atoms with Gasteiger partial charge in [0.05, 0.1) is 6.20 Å². The molecule has 0 radical (unpaired) electrons. The number of aryl methyl sites for hydroxylation is 2. The standard InChI is InChI=1S/C27H30N4O2/c1-19-9-8-12-22(15-19)31(25(32)18-29-17-20(2)16-28-29)26-23-13-6-7-14-24(23)30(27(26)33)21-10-4-3-5-11-21/h6-9,12-17,21,26H,3-5,10-11,18H2,1-2H3. The molecule has 1 aliphatic carbocycles. The molecule has 2 amide bonds. The fourth-order valence-corrected chi connectivity index (χ4v) is 5.27. The molecule has 0 N–H and O–H groups in total. The lowest BCUT2D eigenvalue weighted by atomic mass is 9.94. The molecule has 6 nitrogen and oxygen atoms in total. The van der Waals surface area contributed by atoms with Gasteiger partial charge in [0.15, 0.2) is 0 Å². The van der Waals surface area contributed by atoms with Gasteiger partial charge in [-0.1, -0.05) is 49.6 Å². The predicted octanol–water partition coefficient (Wildman–Crippen LogP) is 4.95. The van der Waals surface area contributed by atoms with Gasteiger partial charge in [0.25, 0.3) is 5.91 Å². The first-order valence-electron chi connectivity index (χ1n) is 11.8. The fourth-order valence-electron chi connectivity index (χ4n) is 5.27. The van der Waals surface area contributed by atoms with E-state index in [1.54, 1.807) is 15.8 Å². The van der Waals surface area contributed by atoms with Gasteiger partial charge >= 0.3 is 0 Å². The van der Waals surface area contributed by atoms with Gasteiger partial charge in [-0.2, -0.15) is 5.10 Å². The Balaban J connectivity index is 1.57. The maximum atomic E-state index is 14.0. The molecule has 1 atom stereocenters. The van der Waals surface area contributed by atoms with E-state index >= 15 is 0 Å². The van der Waals surface area contributed by atoms with E-state index in [9.17, 15) is 9.59 Å². The number of hydrogen-bond acceptors (Lipinski definition) is 3. The Morgan fingerprint density at radius 2 is 1.82 bits per heavy atom. The van der Waals surface area contributed by atoms with E-state index in [1.165, 1.54) is 6.42 Å². The van der Waals surface area contributed by atoms with E-state index < -0.39 is 6.04 Å². The summed E-state index contributed by atoms with van der Waals surface area (Å²) in [4.78, 5) is 31.5. The van der Waals surface area contributed by atoms with Crippen molar-refractivity contribution in [3.8, 4) is 0 Å². The van der Waals surface area contributed by atoms with E-state index in [0.29, 0.717) is 0 Å². The van der Waals surface area contributed by atoms with Gasteiger partial charge in [-0.3, -0.25) is 19.2 Å². The van der Waals surface area contributed by atoms with Crippen molar-refractivity contribution in [1.82, 2.24) is 9.78 Å². The molecule has 1 unspecified atom stereocenters. The number of amides is 2. The monoisotopic (exact) mass is 442 g/mol. The van der Waals surface area contributed by atoms with Crippen molar-refractivity contribution in [2.24, 2.45) is 0 Å². The third-order valence-corrected chi connectivity index (χ3v) is 6.77. The first kappa shape index (κ1) is 21.4. The summed E-state index contributed by atoms with van der Waals surface area (Å²) in [6.07, 6.45) is 9.12. The Labute approximate surface area is 194 Å². The number of carbonyl (C=O) groups excluding carboxylic acids is 2. The molecule has 1 aliphatic heterocycles. The smallest absolute Gasteiger partial charge is 0.255 e. The molecule has 2 heterocycles. The second-order valence-corrected chi connectivity index (χ2v) is 9.28. The maximum Gasteiger partial charge on any atom is 0.255 e. The van der Waals surface area contributed by atoms with E-state index in [4.69, 9.17) is 0 Å². The van der Waals surface area contributed by atoms with Crippen LogP contribution in [-0.2, 0) is 16.1 Å². The number of rotatable bonds is 5. The summed E-state index contributed by atoms with van der Waals surface area (Å²) < 4.78 is 1.64. The zero-order valence-corrected chi connectivity index (χ0v) is 19.3. The van der Waals surface area contributed by atoms with Gasteiger partial charge < -0.3 is 4.90 Å². The molecular weight excluding hydrogens is 412 g/mol. The highest BCUT2D eigenvalue weighted by Gasteiger charge is 2.45. The number of benzene rings is 2. The number of hydrogen-bond donors (Lipinski definition) is 0. The minimum absolute atomic E-state index is 0.00500. The second-order valence-electron chi connectivity index (χ2n) is 9.28. The van der Waals surface area contributed by atoms with E-state index in [2.05, 4.69) is 5.10 Å². The third-order valence-electron chi connectivity index (χ3n) is 6.77. The number of carbonyl (C=O) groups is 2. The molecule has 1 fully saturated rings. The van der Waals surface area contributed by atoms with Crippen LogP contribution in [0.5, 0.6) is 0 Å². The average Bonchev–Trinajstić information content (AvgIpc) is 3.35. The Hall–Kier alpha value is -3.41. The third kappa shape index (κ3) is 4.06. The quantitative estimate of drug-likeness (QED) is 0.562. The number of anilines is 2. The van der Waals surface area contributed by atoms with E-state index in [0.717, 1.165) is 53.7 Å². The lowest BCUT2D eigenvalue weighted by molar-refractivity contribution is -0.125. The summed E-state index contributed by atoms with van der Waals surface area (Å²) in [6, 6.07) is 15.3. The van der Waals surface area contributed by atoms with Crippen LogP contribution in [0.3, 0.4) is 0 Å². The van der Waals surface area contributed by atoms with Gasteiger partial charge in [0, 0.05) is 29.2 Å². The Morgan fingerprint density at radius 3 is 2.55 bits per heavy atom. The van der Waals surface area contributed by atoms with Gasteiger partial charge in [-0.15, -0.1) is 0 Å². The number of aromatic nitrogens is 2. The minimum atomic E-state index is -0.672. The van der Waals surface area contributed by atoms with Crippen LogP contribution in [0, 0.1) is 13.8 Å². The molecule has 0 bridgehead atoms. The lowest BCUT2D eigenvalue weighted by Crippen LogP contribution is -2.46. The van der Waals surface area contributed by atoms with Gasteiger partial charge in [-0.25, -0.2) is 0 Å².